The van der Waals surface area contributed by atoms with Crippen molar-refractivity contribution >= 4 is 23.4 Å². The highest BCUT2D eigenvalue weighted by Gasteiger charge is 2.13. The van der Waals surface area contributed by atoms with E-state index in [0.29, 0.717) is 18.8 Å². The van der Waals surface area contributed by atoms with Crippen molar-refractivity contribution in [3.63, 3.8) is 0 Å². The van der Waals surface area contributed by atoms with Crippen LogP contribution >= 0.6 is 11.6 Å². The number of carboxylic acid groups (broad SMARTS) is 1. The van der Waals surface area contributed by atoms with Crippen LogP contribution < -0.4 is 10.1 Å². The molecule has 0 unspecified atom stereocenters. The molecule has 0 aliphatic rings. The van der Waals surface area contributed by atoms with E-state index in [2.05, 4.69) is 20.5 Å². The maximum atomic E-state index is 11.1. The first-order valence-electron chi connectivity index (χ1n) is 6.09. The molecule has 2 aromatic rings. The zero-order valence-electron chi connectivity index (χ0n) is 11.2. The quantitative estimate of drug-likeness (QED) is 0.841. The number of halogens is 1. The van der Waals surface area contributed by atoms with Crippen LogP contribution in [0.5, 0.6) is 5.88 Å². The highest BCUT2D eigenvalue weighted by molar-refractivity contribution is 6.29. The van der Waals surface area contributed by atoms with Gasteiger partial charge in [-0.05, 0) is 24.1 Å². The van der Waals surface area contributed by atoms with Gasteiger partial charge in [-0.25, -0.2) is 9.78 Å². The van der Waals surface area contributed by atoms with Gasteiger partial charge in [-0.2, -0.15) is 0 Å². The van der Waals surface area contributed by atoms with Crippen LogP contribution in [0.25, 0.3) is 0 Å². The summed E-state index contributed by atoms with van der Waals surface area (Å²) in [5.41, 5.74) is 0.996. The second-order valence-electron chi connectivity index (χ2n) is 4.12. The number of ether oxygens (including phenoxy) is 1. The number of hydrogen-bond acceptors (Lipinski definition) is 6. The van der Waals surface area contributed by atoms with Gasteiger partial charge in [-0.3, -0.25) is 0 Å². The molecule has 110 valence electrons. The lowest BCUT2D eigenvalue weighted by Crippen LogP contribution is -2.12. The van der Waals surface area contributed by atoms with Gasteiger partial charge in [-0.15, -0.1) is 10.2 Å². The second-order valence-corrected chi connectivity index (χ2v) is 4.50. The fraction of sp³-hybridized carbons (Fsp3) is 0.231. The Balaban J connectivity index is 2.01. The summed E-state index contributed by atoms with van der Waals surface area (Å²) in [7, 11) is 1.55. The lowest BCUT2D eigenvalue weighted by Gasteiger charge is -2.08. The van der Waals surface area contributed by atoms with Gasteiger partial charge in [-0.1, -0.05) is 11.6 Å². The summed E-state index contributed by atoms with van der Waals surface area (Å²) in [4.78, 5) is 15.1. The van der Waals surface area contributed by atoms with E-state index >= 15 is 0 Å². The molecule has 0 amide bonds. The van der Waals surface area contributed by atoms with Crippen molar-refractivity contribution in [1.29, 1.82) is 0 Å². The number of aromatic nitrogens is 3. The van der Waals surface area contributed by atoms with Gasteiger partial charge < -0.3 is 15.2 Å². The van der Waals surface area contributed by atoms with Crippen molar-refractivity contribution in [2.45, 2.75) is 6.42 Å². The minimum Gasteiger partial charge on any atom is -0.481 e. The Bertz CT molecular complexity index is 651. The fourth-order valence-electron chi connectivity index (χ4n) is 1.70. The number of nitrogens with zero attached hydrogens (tertiary/aromatic N) is 3. The summed E-state index contributed by atoms with van der Waals surface area (Å²) in [6.45, 7) is 0.490. The molecule has 21 heavy (non-hydrogen) atoms. The molecule has 0 radical (unpaired) electrons. The molecule has 2 heterocycles. The summed E-state index contributed by atoms with van der Waals surface area (Å²) < 4.78 is 5.04. The largest absolute Gasteiger partial charge is 0.481 e. The van der Waals surface area contributed by atoms with E-state index in [-0.39, 0.29) is 16.5 Å². The summed E-state index contributed by atoms with van der Waals surface area (Å²) in [5.74, 6) is -0.391. The Morgan fingerprint density at radius 2 is 2.24 bits per heavy atom. The smallest absolute Gasteiger partial charge is 0.339 e. The van der Waals surface area contributed by atoms with E-state index < -0.39 is 5.97 Å². The predicted octanol–water partition coefficient (Wildman–Crippen LogP) is 1.89. The van der Waals surface area contributed by atoms with Crippen LogP contribution in [0, 0.1) is 0 Å². The molecule has 2 rings (SSSR count). The lowest BCUT2D eigenvalue weighted by atomic mass is 10.2. The molecule has 7 nitrogen and oxygen atoms in total. The number of rotatable bonds is 6. The highest BCUT2D eigenvalue weighted by Crippen LogP contribution is 2.15. The minimum absolute atomic E-state index is 0.0118. The topological polar surface area (TPSA) is 97.2 Å². The Kier molecular flexibility index (Phi) is 4.89. The minimum atomic E-state index is -1.11. The summed E-state index contributed by atoms with van der Waals surface area (Å²) >= 11 is 5.64. The number of methoxy groups -OCH3 is 1. The third-order valence-corrected chi connectivity index (χ3v) is 2.89. The van der Waals surface area contributed by atoms with Gasteiger partial charge in [0.05, 0.1) is 7.11 Å². The predicted molar refractivity (Wildman–Crippen MR) is 77.0 cm³/mol. The molecule has 0 aliphatic heterocycles. The van der Waals surface area contributed by atoms with Crippen molar-refractivity contribution < 1.29 is 14.6 Å². The van der Waals surface area contributed by atoms with Gasteiger partial charge in [0.2, 0.25) is 5.88 Å². The summed E-state index contributed by atoms with van der Waals surface area (Å²) in [6, 6.07) is 4.93. The molecule has 0 aliphatic carbocycles. The second kappa shape index (κ2) is 6.85. The Morgan fingerprint density at radius 3 is 2.95 bits per heavy atom. The Morgan fingerprint density at radius 1 is 1.43 bits per heavy atom. The van der Waals surface area contributed by atoms with E-state index in [1.807, 2.05) is 12.1 Å². The third kappa shape index (κ3) is 4.03. The maximum Gasteiger partial charge on any atom is 0.339 e. The SMILES string of the molecule is COc1cc(CCNc2nnc(Cl)cc2C(=O)O)ccn1. The van der Waals surface area contributed by atoms with Gasteiger partial charge in [0.25, 0.3) is 0 Å². The lowest BCUT2D eigenvalue weighted by molar-refractivity contribution is 0.0697. The molecule has 0 fully saturated rings. The van der Waals surface area contributed by atoms with Gasteiger partial charge in [0, 0.05) is 18.8 Å². The fourth-order valence-corrected chi connectivity index (χ4v) is 1.85. The molecule has 0 spiro atoms. The van der Waals surface area contributed by atoms with Crippen molar-refractivity contribution in [3.8, 4) is 5.88 Å². The van der Waals surface area contributed by atoms with Crippen molar-refractivity contribution in [2.75, 3.05) is 19.0 Å². The van der Waals surface area contributed by atoms with Crippen molar-refractivity contribution in [1.82, 2.24) is 15.2 Å². The number of hydrogen-bond donors (Lipinski definition) is 2. The average molecular weight is 309 g/mol. The van der Waals surface area contributed by atoms with Crippen LogP contribution in [-0.2, 0) is 6.42 Å². The van der Waals surface area contributed by atoms with E-state index in [1.165, 1.54) is 6.07 Å². The van der Waals surface area contributed by atoms with Crippen molar-refractivity contribution in [2.24, 2.45) is 0 Å². The van der Waals surface area contributed by atoms with E-state index in [9.17, 15) is 4.79 Å². The average Bonchev–Trinajstić information content (AvgIpc) is 2.48. The standard InChI is InChI=1S/C13H13ClN4O3/c1-21-11-6-8(2-4-15-11)3-5-16-12-9(13(19)20)7-10(14)17-18-12/h2,4,6-7H,3,5H2,1H3,(H,16,18)(H,19,20). The van der Waals surface area contributed by atoms with Crippen LogP contribution in [0.15, 0.2) is 24.4 Å². The molecule has 0 atom stereocenters. The monoisotopic (exact) mass is 308 g/mol. The number of carboxylic acids is 1. The first kappa shape index (κ1) is 15.0. The van der Waals surface area contributed by atoms with Crippen LogP contribution in [0.3, 0.4) is 0 Å². The van der Waals surface area contributed by atoms with Gasteiger partial charge in [0.1, 0.15) is 5.56 Å². The molecule has 2 N–H and O–H groups in total. The van der Waals surface area contributed by atoms with Crippen molar-refractivity contribution in [3.05, 3.63) is 40.7 Å². The molecular formula is C13H13ClN4O3. The normalized spacial score (nSPS) is 10.2. The van der Waals surface area contributed by atoms with Crippen LogP contribution in [0.4, 0.5) is 5.82 Å². The molecule has 2 aromatic heterocycles. The third-order valence-electron chi connectivity index (χ3n) is 2.71. The number of pyridine rings is 1. The van der Waals surface area contributed by atoms with Crippen LogP contribution in [0.1, 0.15) is 15.9 Å². The molecule has 8 heteroatoms. The highest BCUT2D eigenvalue weighted by atomic mass is 35.5. The van der Waals surface area contributed by atoms with Crippen LogP contribution in [0.2, 0.25) is 5.15 Å². The van der Waals surface area contributed by atoms with Gasteiger partial charge >= 0.3 is 5.97 Å². The zero-order valence-corrected chi connectivity index (χ0v) is 12.0. The Hall–Kier alpha value is -2.41. The van der Waals surface area contributed by atoms with E-state index in [4.69, 9.17) is 21.4 Å². The summed E-state index contributed by atoms with van der Waals surface area (Å²) in [5, 5.41) is 19.4. The summed E-state index contributed by atoms with van der Waals surface area (Å²) in [6.07, 6.45) is 2.31. The number of nitrogens with one attached hydrogen (secondary N) is 1. The number of aromatic carboxylic acids is 1. The molecular weight excluding hydrogens is 296 g/mol. The first-order chi connectivity index (χ1) is 10.1. The number of carbonyl (C=O) groups is 1. The molecule has 0 aromatic carbocycles. The maximum absolute atomic E-state index is 11.1. The molecule has 0 saturated heterocycles. The molecule has 0 bridgehead atoms. The molecule has 0 saturated carbocycles. The van der Waals surface area contributed by atoms with Gasteiger partial charge in [0.15, 0.2) is 11.0 Å². The first-order valence-corrected chi connectivity index (χ1v) is 6.47. The Labute approximate surface area is 125 Å². The van der Waals surface area contributed by atoms with Crippen LogP contribution in [-0.4, -0.2) is 39.9 Å². The van der Waals surface area contributed by atoms with E-state index in [0.717, 1.165) is 5.56 Å². The van der Waals surface area contributed by atoms with E-state index in [1.54, 1.807) is 13.3 Å². The zero-order chi connectivity index (χ0) is 15.2. The number of anilines is 1.